The van der Waals surface area contributed by atoms with Crippen LogP contribution < -0.4 is 5.32 Å². The normalized spacial score (nSPS) is 12.0. The maximum absolute atomic E-state index is 12.6. The highest BCUT2D eigenvalue weighted by Crippen LogP contribution is 2.22. The van der Waals surface area contributed by atoms with Gasteiger partial charge >= 0.3 is 5.97 Å². The third-order valence-electron chi connectivity index (χ3n) is 4.08. The summed E-state index contributed by atoms with van der Waals surface area (Å²) in [6.45, 7) is 1.75. The molecule has 6 heteroatoms. The van der Waals surface area contributed by atoms with Crippen LogP contribution in [-0.2, 0) is 16.6 Å². The standard InChI is InChI=1S/C19H19N3O3/c1-12-16(11-22(2)21-12)18(23)20-17(19(24)25-3)15-9-8-13-6-4-5-7-14(13)10-15/h4-11,17H,1-3H3,(H,20,23)/t17-/m0/s1. The molecule has 0 bridgehead atoms. The van der Waals surface area contributed by atoms with Crippen molar-refractivity contribution >= 4 is 22.6 Å². The first-order valence-corrected chi connectivity index (χ1v) is 7.87. The van der Waals surface area contributed by atoms with Crippen molar-refractivity contribution in [3.05, 3.63) is 65.5 Å². The lowest BCUT2D eigenvalue weighted by Gasteiger charge is -2.17. The second-order valence-electron chi connectivity index (χ2n) is 5.84. The van der Waals surface area contributed by atoms with Crippen LogP contribution in [-0.4, -0.2) is 28.8 Å². The Kier molecular flexibility index (Phi) is 4.52. The van der Waals surface area contributed by atoms with Gasteiger partial charge in [0.05, 0.1) is 18.4 Å². The largest absolute Gasteiger partial charge is 0.467 e. The summed E-state index contributed by atoms with van der Waals surface area (Å²) in [4.78, 5) is 24.8. The van der Waals surface area contributed by atoms with E-state index in [1.54, 1.807) is 24.9 Å². The van der Waals surface area contributed by atoms with E-state index in [0.717, 1.165) is 10.8 Å². The van der Waals surface area contributed by atoms with Crippen LogP contribution in [0.25, 0.3) is 10.8 Å². The molecule has 0 aliphatic carbocycles. The number of amides is 1. The Morgan fingerprint density at radius 2 is 1.88 bits per heavy atom. The van der Waals surface area contributed by atoms with Crippen LogP contribution in [0.5, 0.6) is 0 Å². The molecule has 1 atom stereocenters. The Labute approximate surface area is 145 Å². The Bertz CT molecular complexity index is 946. The molecule has 0 saturated carbocycles. The number of methoxy groups -OCH3 is 1. The average molecular weight is 337 g/mol. The van der Waals surface area contributed by atoms with Crippen molar-refractivity contribution in [1.82, 2.24) is 15.1 Å². The molecule has 2 aromatic carbocycles. The lowest BCUT2D eigenvalue weighted by molar-refractivity contribution is -0.143. The van der Waals surface area contributed by atoms with E-state index >= 15 is 0 Å². The summed E-state index contributed by atoms with van der Waals surface area (Å²) in [5, 5.41) is 8.96. The van der Waals surface area contributed by atoms with Gasteiger partial charge in [-0.3, -0.25) is 9.48 Å². The number of nitrogens with zero attached hydrogens (tertiary/aromatic N) is 2. The van der Waals surface area contributed by atoms with Crippen LogP contribution in [0.1, 0.15) is 27.7 Å². The fourth-order valence-corrected chi connectivity index (χ4v) is 2.81. The number of aromatic nitrogens is 2. The zero-order chi connectivity index (χ0) is 18.0. The van der Waals surface area contributed by atoms with Gasteiger partial charge in [-0.05, 0) is 29.3 Å². The summed E-state index contributed by atoms with van der Waals surface area (Å²) in [6.07, 6.45) is 1.62. The van der Waals surface area contributed by atoms with E-state index in [1.165, 1.54) is 7.11 Å². The number of benzene rings is 2. The Balaban J connectivity index is 1.95. The van der Waals surface area contributed by atoms with Crippen LogP contribution in [0.3, 0.4) is 0 Å². The number of carbonyl (C=O) groups excluding carboxylic acids is 2. The van der Waals surface area contributed by atoms with Gasteiger partial charge in [0.2, 0.25) is 0 Å². The minimum Gasteiger partial charge on any atom is -0.467 e. The summed E-state index contributed by atoms with van der Waals surface area (Å²) in [5.41, 5.74) is 1.69. The molecular weight excluding hydrogens is 318 g/mol. The van der Waals surface area contributed by atoms with Crippen molar-refractivity contribution < 1.29 is 14.3 Å². The zero-order valence-corrected chi connectivity index (χ0v) is 14.3. The molecule has 128 valence electrons. The van der Waals surface area contributed by atoms with Crippen LogP contribution in [0, 0.1) is 6.92 Å². The molecule has 25 heavy (non-hydrogen) atoms. The fourth-order valence-electron chi connectivity index (χ4n) is 2.81. The van der Waals surface area contributed by atoms with Crippen LogP contribution >= 0.6 is 0 Å². The molecule has 1 aromatic heterocycles. The number of hydrogen-bond donors (Lipinski definition) is 1. The average Bonchev–Trinajstić information content (AvgIpc) is 2.96. The maximum Gasteiger partial charge on any atom is 0.333 e. The van der Waals surface area contributed by atoms with Crippen molar-refractivity contribution in [3.8, 4) is 0 Å². The lowest BCUT2D eigenvalue weighted by atomic mass is 10.0. The highest BCUT2D eigenvalue weighted by Gasteiger charge is 2.25. The predicted molar refractivity (Wildman–Crippen MR) is 94.1 cm³/mol. The molecule has 0 unspecified atom stereocenters. The first kappa shape index (κ1) is 16.7. The summed E-state index contributed by atoms with van der Waals surface area (Å²) >= 11 is 0. The molecule has 3 aromatic rings. The lowest BCUT2D eigenvalue weighted by Crippen LogP contribution is -2.34. The van der Waals surface area contributed by atoms with E-state index < -0.39 is 12.0 Å². The minimum atomic E-state index is -0.887. The van der Waals surface area contributed by atoms with Crippen molar-refractivity contribution in [1.29, 1.82) is 0 Å². The summed E-state index contributed by atoms with van der Waals surface area (Å²) in [5.74, 6) is -0.890. The molecular formula is C19H19N3O3. The summed E-state index contributed by atoms with van der Waals surface area (Å²) in [7, 11) is 3.04. The van der Waals surface area contributed by atoms with Crippen LogP contribution in [0.2, 0.25) is 0 Å². The minimum absolute atomic E-state index is 0.367. The first-order chi connectivity index (χ1) is 12.0. The number of rotatable bonds is 4. The van der Waals surface area contributed by atoms with Crippen LogP contribution in [0.15, 0.2) is 48.7 Å². The van der Waals surface area contributed by atoms with Crippen molar-refractivity contribution in [3.63, 3.8) is 0 Å². The molecule has 6 nitrogen and oxygen atoms in total. The second kappa shape index (κ2) is 6.76. The molecule has 1 N–H and O–H groups in total. The highest BCUT2D eigenvalue weighted by molar-refractivity contribution is 5.98. The molecule has 0 aliphatic rings. The summed E-state index contributed by atoms with van der Waals surface area (Å²) < 4.78 is 6.44. The number of nitrogens with one attached hydrogen (secondary N) is 1. The number of hydrogen-bond acceptors (Lipinski definition) is 4. The zero-order valence-electron chi connectivity index (χ0n) is 14.3. The Morgan fingerprint density at radius 3 is 2.52 bits per heavy atom. The van der Waals surface area contributed by atoms with Gasteiger partial charge < -0.3 is 10.1 Å². The number of esters is 1. The van der Waals surface area contributed by atoms with Gasteiger partial charge in [-0.1, -0.05) is 36.4 Å². The number of fused-ring (bicyclic) bond motifs is 1. The fraction of sp³-hybridized carbons (Fsp3) is 0.211. The van der Waals surface area contributed by atoms with Gasteiger partial charge in [-0.15, -0.1) is 0 Å². The second-order valence-corrected chi connectivity index (χ2v) is 5.84. The molecule has 0 spiro atoms. The summed E-state index contributed by atoms with van der Waals surface area (Å²) in [6, 6.07) is 12.6. The number of aryl methyl sites for hydroxylation is 2. The van der Waals surface area contributed by atoms with Crippen molar-refractivity contribution in [2.24, 2.45) is 7.05 Å². The number of ether oxygens (including phenoxy) is 1. The van der Waals surface area contributed by atoms with E-state index in [4.69, 9.17) is 4.74 Å². The van der Waals surface area contributed by atoms with E-state index in [9.17, 15) is 9.59 Å². The van der Waals surface area contributed by atoms with Crippen molar-refractivity contribution in [2.45, 2.75) is 13.0 Å². The quantitative estimate of drug-likeness (QED) is 0.743. The molecule has 1 amide bonds. The Hall–Kier alpha value is -3.15. The van der Waals surface area contributed by atoms with E-state index in [1.807, 2.05) is 42.5 Å². The molecule has 0 fully saturated rings. The van der Waals surface area contributed by atoms with Gasteiger partial charge in [0.25, 0.3) is 5.91 Å². The van der Waals surface area contributed by atoms with Gasteiger partial charge in [-0.2, -0.15) is 5.10 Å². The Morgan fingerprint density at radius 1 is 1.16 bits per heavy atom. The molecule has 0 aliphatic heterocycles. The van der Waals surface area contributed by atoms with Crippen molar-refractivity contribution in [2.75, 3.05) is 7.11 Å². The van der Waals surface area contributed by atoms with E-state index in [-0.39, 0.29) is 5.91 Å². The van der Waals surface area contributed by atoms with Gasteiger partial charge in [0.1, 0.15) is 0 Å². The van der Waals surface area contributed by atoms with Gasteiger partial charge in [0, 0.05) is 13.2 Å². The van der Waals surface area contributed by atoms with Gasteiger partial charge in [0.15, 0.2) is 6.04 Å². The van der Waals surface area contributed by atoms with E-state index in [2.05, 4.69) is 10.4 Å². The molecule has 0 radical (unpaired) electrons. The predicted octanol–water partition coefficient (Wildman–Crippen LogP) is 2.53. The first-order valence-electron chi connectivity index (χ1n) is 7.87. The molecule has 1 heterocycles. The third kappa shape index (κ3) is 3.38. The monoisotopic (exact) mass is 337 g/mol. The molecule has 3 rings (SSSR count). The van der Waals surface area contributed by atoms with Gasteiger partial charge in [-0.25, -0.2) is 4.79 Å². The smallest absolute Gasteiger partial charge is 0.333 e. The SMILES string of the molecule is COC(=O)[C@@H](NC(=O)c1cn(C)nc1C)c1ccc2ccccc2c1. The molecule has 0 saturated heterocycles. The topological polar surface area (TPSA) is 73.2 Å². The van der Waals surface area contributed by atoms with E-state index in [0.29, 0.717) is 16.8 Å². The number of carbonyl (C=O) groups is 2. The third-order valence-corrected chi connectivity index (χ3v) is 4.08. The highest BCUT2D eigenvalue weighted by atomic mass is 16.5. The maximum atomic E-state index is 12.6. The van der Waals surface area contributed by atoms with Crippen LogP contribution in [0.4, 0.5) is 0 Å².